The summed E-state index contributed by atoms with van der Waals surface area (Å²) >= 11 is 0. The largest absolute Gasteiger partial charge is 0.294 e. The minimum atomic E-state index is 0.367. The second kappa shape index (κ2) is 8.06. The fraction of sp³-hybridized carbons (Fsp3) is 0.192. The molecule has 3 heteroatoms. The highest BCUT2D eigenvalue weighted by atomic mass is 15.5. The van der Waals surface area contributed by atoms with E-state index in [1.165, 1.54) is 27.8 Å². The Morgan fingerprint density at radius 2 is 1.28 bits per heavy atom. The summed E-state index contributed by atoms with van der Waals surface area (Å²) in [4.78, 5) is 2.61. The predicted octanol–water partition coefficient (Wildman–Crippen LogP) is 5.07. The second-order valence-corrected chi connectivity index (χ2v) is 7.60. The predicted molar refractivity (Wildman–Crippen MR) is 121 cm³/mol. The number of allylic oxidation sites excluding steroid dienone is 1. The summed E-state index contributed by atoms with van der Waals surface area (Å²) in [5.41, 5.74) is 6.86. The van der Waals surface area contributed by atoms with Gasteiger partial charge in [-0.25, -0.2) is 0 Å². The second-order valence-electron chi connectivity index (χ2n) is 7.60. The fourth-order valence-electron chi connectivity index (χ4n) is 4.46. The molecule has 0 saturated carbocycles. The molecule has 144 valence electrons. The Balaban J connectivity index is 1.25. The van der Waals surface area contributed by atoms with Crippen LogP contribution in [0.5, 0.6) is 0 Å². The lowest BCUT2D eigenvalue weighted by Crippen LogP contribution is -2.45. The van der Waals surface area contributed by atoms with E-state index in [2.05, 4.69) is 93.9 Å². The van der Waals surface area contributed by atoms with Crippen molar-refractivity contribution in [2.75, 3.05) is 26.2 Å². The highest BCUT2D eigenvalue weighted by Crippen LogP contribution is 2.46. The summed E-state index contributed by atoms with van der Waals surface area (Å²) in [6.07, 6.45) is 6.01. The number of fused-ring (bicyclic) bond motifs is 3. The number of hydrazone groups is 1. The molecule has 3 aromatic carbocycles. The normalized spacial score (nSPS) is 17.2. The average molecular weight is 380 g/mol. The zero-order valence-corrected chi connectivity index (χ0v) is 16.5. The molecule has 1 aliphatic carbocycles. The van der Waals surface area contributed by atoms with E-state index in [1.807, 2.05) is 18.4 Å². The molecule has 0 aromatic heterocycles. The van der Waals surface area contributed by atoms with E-state index in [0.29, 0.717) is 6.04 Å². The molecule has 2 aliphatic rings. The standard InChI is InChI=1S/C26H25N3/c1-2-9-21(10-3-1)11-8-16-27-29-19-17-28(18-20-29)26-24-14-6-4-12-22(24)23-13-5-7-15-25(23)26/h1-16,26H,17-20H2/b11-8+,27-16+. The van der Waals surface area contributed by atoms with Gasteiger partial charge in [0.25, 0.3) is 0 Å². The number of benzene rings is 3. The maximum absolute atomic E-state index is 4.64. The molecule has 0 N–H and O–H groups in total. The van der Waals surface area contributed by atoms with Crippen LogP contribution in [0.4, 0.5) is 0 Å². The Morgan fingerprint density at radius 1 is 0.690 bits per heavy atom. The van der Waals surface area contributed by atoms with Gasteiger partial charge in [0, 0.05) is 32.4 Å². The van der Waals surface area contributed by atoms with Crippen molar-refractivity contribution in [3.8, 4) is 11.1 Å². The van der Waals surface area contributed by atoms with Crippen molar-refractivity contribution in [2.24, 2.45) is 5.10 Å². The van der Waals surface area contributed by atoms with Gasteiger partial charge in [-0.1, -0.05) is 84.9 Å². The summed E-state index contributed by atoms with van der Waals surface area (Å²) < 4.78 is 0. The third-order valence-electron chi connectivity index (χ3n) is 5.86. The van der Waals surface area contributed by atoms with Crippen LogP contribution in [0.1, 0.15) is 22.7 Å². The number of rotatable bonds is 4. The van der Waals surface area contributed by atoms with E-state index in [0.717, 1.165) is 26.2 Å². The first kappa shape index (κ1) is 17.9. The van der Waals surface area contributed by atoms with Crippen LogP contribution < -0.4 is 0 Å². The van der Waals surface area contributed by atoms with Crippen LogP contribution in [0.25, 0.3) is 17.2 Å². The van der Waals surface area contributed by atoms with Crippen molar-refractivity contribution in [1.82, 2.24) is 9.91 Å². The van der Waals surface area contributed by atoms with Gasteiger partial charge in [-0.15, -0.1) is 0 Å². The van der Waals surface area contributed by atoms with Crippen molar-refractivity contribution < 1.29 is 0 Å². The van der Waals surface area contributed by atoms with Crippen molar-refractivity contribution in [2.45, 2.75) is 6.04 Å². The molecule has 0 atom stereocenters. The number of hydrogen-bond donors (Lipinski definition) is 0. The molecule has 29 heavy (non-hydrogen) atoms. The molecular weight excluding hydrogens is 354 g/mol. The molecule has 1 saturated heterocycles. The highest BCUT2D eigenvalue weighted by Gasteiger charge is 2.33. The SMILES string of the molecule is C(=C\c1ccccc1)/C=N/N1CCN(C2c3ccccc3-c3ccccc32)CC1. The van der Waals surface area contributed by atoms with Crippen LogP contribution in [-0.2, 0) is 0 Å². The molecule has 0 spiro atoms. The first-order chi connectivity index (χ1) is 14.4. The average Bonchev–Trinajstić information content (AvgIpc) is 3.12. The molecule has 0 radical (unpaired) electrons. The molecule has 1 aliphatic heterocycles. The third-order valence-corrected chi connectivity index (χ3v) is 5.86. The van der Waals surface area contributed by atoms with Crippen LogP contribution >= 0.6 is 0 Å². The minimum Gasteiger partial charge on any atom is -0.294 e. The van der Waals surface area contributed by atoms with E-state index in [4.69, 9.17) is 0 Å². The van der Waals surface area contributed by atoms with Gasteiger partial charge in [0.2, 0.25) is 0 Å². The first-order valence-corrected chi connectivity index (χ1v) is 10.3. The Kier molecular flexibility index (Phi) is 4.97. The summed E-state index contributed by atoms with van der Waals surface area (Å²) in [6, 6.07) is 28.4. The Morgan fingerprint density at radius 3 is 1.93 bits per heavy atom. The topological polar surface area (TPSA) is 18.8 Å². The van der Waals surface area contributed by atoms with Crippen LogP contribution in [-0.4, -0.2) is 42.3 Å². The molecule has 0 unspecified atom stereocenters. The van der Waals surface area contributed by atoms with Gasteiger partial charge in [0.05, 0.1) is 6.04 Å². The smallest absolute Gasteiger partial charge is 0.0615 e. The number of piperazine rings is 1. The molecule has 3 aromatic rings. The molecule has 0 bridgehead atoms. The number of nitrogens with zero attached hydrogens (tertiary/aromatic N) is 3. The first-order valence-electron chi connectivity index (χ1n) is 10.3. The highest BCUT2D eigenvalue weighted by molar-refractivity contribution is 5.79. The zero-order valence-electron chi connectivity index (χ0n) is 16.5. The van der Waals surface area contributed by atoms with E-state index < -0.39 is 0 Å². The van der Waals surface area contributed by atoms with E-state index in [-0.39, 0.29) is 0 Å². The van der Waals surface area contributed by atoms with E-state index >= 15 is 0 Å². The summed E-state index contributed by atoms with van der Waals surface area (Å²) in [5.74, 6) is 0. The van der Waals surface area contributed by atoms with Gasteiger partial charge in [0.15, 0.2) is 0 Å². The van der Waals surface area contributed by atoms with E-state index in [1.54, 1.807) is 0 Å². The van der Waals surface area contributed by atoms with Gasteiger partial charge >= 0.3 is 0 Å². The zero-order chi connectivity index (χ0) is 19.5. The van der Waals surface area contributed by atoms with Crippen LogP contribution in [0.3, 0.4) is 0 Å². The van der Waals surface area contributed by atoms with E-state index in [9.17, 15) is 0 Å². The van der Waals surface area contributed by atoms with Crippen molar-refractivity contribution >= 4 is 12.3 Å². The summed E-state index contributed by atoms with van der Waals surface area (Å²) in [5, 5.41) is 6.82. The molecule has 1 heterocycles. The summed E-state index contributed by atoms with van der Waals surface area (Å²) in [6.45, 7) is 3.95. The fourth-order valence-corrected chi connectivity index (χ4v) is 4.46. The summed E-state index contributed by atoms with van der Waals surface area (Å²) in [7, 11) is 0. The van der Waals surface area contributed by atoms with Crippen LogP contribution in [0.2, 0.25) is 0 Å². The lowest BCUT2D eigenvalue weighted by molar-refractivity contribution is 0.114. The van der Waals surface area contributed by atoms with Gasteiger partial charge in [-0.05, 0) is 33.9 Å². The monoisotopic (exact) mass is 379 g/mol. The van der Waals surface area contributed by atoms with Crippen molar-refractivity contribution in [1.29, 1.82) is 0 Å². The van der Waals surface area contributed by atoms with Gasteiger partial charge < -0.3 is 0 Å². The molecule has 3 nitrogen and oxygen atoms in total. The van der Waals surface area contributed by atoms with Crippen LogP contribution in [0, 0.1) is 0 Å². The quantitative estimate of drug-likeness (QED) is 0.589. The van der Waals surface area contributed by atoms with Gasteiger partial charge in [-0.2, -0.15) is 5.10 Å². The lowest BCUT2D eigenvalue weighted by atomic mass is 10.0. The Labute approximate surface area is 172 Å². The molecule has 0 amide bonds. The Bertz CT molecular complexity index is 985. The molecule has 5 rings (SSSR count). The molecular formula is C26H25N3. The van der Waals surface area contributed by atoms with Gasteiger partial charge in [0.1, 0.15) is 0 Å². The Hall–Kier alpha value is -3.17. The maximum atomic E-state index is 4.64. The van der Waals surface area contributed by atoms with Crippen LogP contribution in [0.15, 0.2) is 90.0 Å². The van der Waals surface area contributed by atoms with Crippen molar-refractivity contribution in [3.05, 3.63) is 102 Å². The molecule has 1 fully saturated rings. The lowest BCUT2D eigenvalue weighted by Gasteiger charge is -2.37. The van der Waals surface area contributed by atoms with Gasteiger partial charge in [-0.3, -0.25) is 9.91 Å². The van der Waals surface area contributed by atoms with Crippen molar-refractivity contribution in [3.63, 3.8) is 0 Å². The maximum Gasteiger partial charge on any atom is 0.0615 e. The number of hydrogen-bond acceptors (Lipinski definition) is 3. The minimum absolute atomic E-state index is 0.367. The third kappa shape index (κ3) is 3.62.